The largest absolute Gasteiger partial charge is 0.438 e. The second-order valence-corrected chi connectivity index (χ2v) is 4.09. The molecule has 2 heterocycles. The smallest absolute Gasteiger partial charge is 0.233 e. The Morgan fingerprint density at radius 1 is 1.32 bits per heavy atom. The average molecular weight is 256 g/mol. The van der Waals surface area contributed by atoms with E-state index in [4.69, 9.17) is 9.84 Å². The van der Waals surface area contributed by atoms with Crippen LogP contribution in [0.3, 0.4) is 0 Å². The quantitative estimate of drug-likeness (QED) is 0.771. The van der Waals surface area contributed by atoms with Gasteiger partial charge < -0.3 is 9.84 Å². The number of fused-ring (bicyclic) bond motifs is 1. The lowest BCUT2D eigenvalue weighted by molar-refractivity contribution is 0.281. The first-order chi connectivity index (χ1) is 9.28. The first kappa shape index (κ1) is 11.6. The van der Waals surface area contributed by atoms with Crippen molar-refractivity contribution in [2.45, 2.75) is 6.61 Å². The number of aromatic nitrogens is 4. The maximum atomic E-state index is 9.11. The van der Waals surface area contributed by atoms with Gasteiger partial charge in [0.05, 0.1) is 12.8 Å². The van der Waals surface area contributed by atoms with Crippen molar-refractivity contribution < 1.29 is 9.84 Å². The minimum atomic E-state index is -0.0245. The fourth-order valence-electron chi connectivity index (χ4n) is 1.84. The molecule has 0 aliphatic heterocycles. The molecular formula is C13H12N4O2. The standard InChI is InChI=1S/C13H12N4O2/c1-17-12-11(6-16-17)13(15-8-14-12)19-10-4-2-3-9(5-10)7-18/h2-6,8,18H,7H2,1H3. The molecule has 1 aromatic carbocycles. The summed E-state index contributed by atoms with van der Waals surface area (Å²) in [5, 5.41) is 14.0. The molecule has 19 heavy (non-hydrogen) atoms. The summed E-state index contributed by atoms with van der Waals surface area (Å²) in [5.74, 6) is 1.07. The van der Waals surface area contributed by atoms with Crippen molar-refractivity contribution in [3.05, 3.63) is 42.4 Å². The average Bonchev–Trinajstić information content (AvgIpc) is 2.82. The molecule has 96 valence electrons. The Labute approximate surface area is 109 Å². The maximum absolute atomic E-state index is 9.11. The van der Waals surface area contributed by atoms with Crippen molar-refractivity contribution in [3.8, 4) is 11.6 Å². The van der Waals surface area contributed by atoms with E-state index in [-0.39, 0.29) is 6.61 Å². The van der Waals surface area contributed by atoms with Crippen molar-refractivity contribution >= 4 is 11.0 Å². The summed E-state index contributed by atoms with van der Waals surface area (Å²) < 4.78 is 7.39. The minimum absolute atomic E-state index is 0.0245. The van der Waals surface area contributed by atoms with E-state index in [0.29, 0.717) is 17.3 Å². The number of benzene rings is 1. The van der Waals surface area contributed by atoms with Gasteiger partial charge in [0.2, 0.25) is 5.88 Å². The van der Waals surface area contributed by atoms with Crippen LogP contribution in [0.25, 0.3) is 11.0 Å². The Bertz CT molecular complexity index is 723. The zero-order chi connectivity index (χ0) is 13.2. The van der Waals surface area contributed by atoms with E-state index in [1.165, 1.54) is 6.33 Å². The normalized spacial score (nSPS) is 10.8. The molecule has 0 spiro atoms. The fraction of sp³-hybridized carbons (Fsp3) is 0.154. The molecule has 1 N–H and O–H groups in total. The predicted octanol–water partition coefficient (Wildman–Crippen LogP) is 1.65. The monoisotopic (exact) mass is 256 g/mol. The summed E-state index contributed by atoms with van der Waals surface area (Å²) in [6.45, 7) is -0.0245. The summed E-state index contributed by atoms with van der Waals surface area (Å²) in [4.78, 5) is 8.27. The molecule has 0 fully saturated rings. The Balaban J connectivity index is 2.00. The number of hydrogen-bond donors (Lipinski definition) is 1. The summed E-state index contributed by atoms with van der Waals surface area (Å²) >= 11 is 0. The molecule has 3 rings (SSSR count). The second kappa shape index (κ2) is 4.66. The first-order valence-electron chi connectivity index (χ1n) is 5.78. The highest BCUT2D eigenvalue weighted by Gasteiger charge is 2.09. The van der Waals surface area contributed by atoms with Gasteiger partial charge in [-0.3, -0.25) is 4.68 Å². The highest BCUT2D eigenvalue weighted by molar-refractivity contribution is 5.79. The lowest BCUT2D eigenvalue weighted by atomic mass is 10.2. The molecule has 0 atom stereocenters. The van der Waals surface area contributed by atoms with Crippen LogP contribution < -0.4 is 4.74 Å². The van der Waals surface area contributed by atoms with Gasteiger partial charge in [-0.15, -0.1) is 0 Å². The Morgan fingerprint density at radius 3 is 3.05 bits per heavy atom. The lowest BCUT2D eigenvalue weighted by Crippen LogP contribution is -1.94. The van der Waals surface area contributed by atoms with E-state index in [9.17, 15) is 0 Å². The molecule has 0 amide bonds. The molecule has 0 unspecified atom stereocenters. The summed E-state index contributed by atoms with van der Waals surface area (Å²) in [7, 11) is 1.81. The highest BCUT2D eigenvalue weighted by atomic mass is 16.5. The van der Waals surface area contributed by atoms with E-state index in [1.807, 2.05) is 25.2 Å². The molecule has 6 heteroatoms. The van der Waals surface area contributed by atoms with Gasteiger partial charge >= 0.3 is 0 Å². The number of aliphatic hydroxyl groups is 1. The van der Waals surface area contributed by atoms with Crippen LogP contribution >= 0.6 is 0 Å². The van der Waals surface area contributed by atoms with Gasteiger partial charge in [0.1, 0.15) is 17.5 Å². The van der Waals surface area contributed by atoms with Crippen LogP contribution in [0.5, 0.6) is 11.6 Å². The van der Waals surface area contributed by atoms with Gasteiger partial charge in [-0.25, -0.2) is 9.97 Å². The van der Waals surface area contributed by atoms with E-state index in [0.717, 1.165) is 10.9 Å². The van der Waals surface area contributed by atoms with Crippen molar-refractivity contribution in [2.24, 2.45) is 7.05 Å². The molecule has 0 saturated heterocycles. The lowest BCUT2D eigenvalue weighted by Gasteiger charge is -2.06. The zero-order valence-corrected chi connectivity index (χ0v) is 10.3. The molecule has 6 nitrogen and oxygen atoms in total. The minimum Gasteiger partial charge on any atom is -0.438 e. The van der Waals surface area contributed by atoms with Crippen LogP contribution in [-0.4, -0.2) is 24.9 Å². The van der Waals surface area contributed by atoms with Crippen molar-refractivity contribution in [1.29, 1.82) is 0 Å². The van der Waals surface area contributed by atoms with E-state index in [2.05, 4.69) is 15.1 Å². The van der Waals surface area contributed by atoms with Crippen LogP contribution in [0.1, 0.15) is 5.56 Å². The fourth-order valence-corrected chi connectivity index (χ4v) is 1.84. The van der Waals surface area contributed by atoms with Crippen LogP contribution in [0.4, 0.5) is 0 Å². The van der Waals surface area contributed by atoms with Crippen molar-refractivity contribution in [1.82, 2.24) is 19.7 Å². The van der Waals surface area contributed by atoms with E-state index >= 15 is 0 Å². The third kappa shape index (κ3) is 2.13. The van der Waals surface area contributed by atoms with Gasteiger partial charge in [0.25, 0.3) is 0 Å². The Morgan fingerprint density at radius 2 is 2.21 bits per heavy atom. The van der Waals surface area contributed by atoms with Crippen molar-refractivity contribution in [3.63, 3.8) is 0 Å². The van der Waals surface area contributed by atoms with Gasteiger partial charge in [0.15, 0.2) is 5.65 Å². The molecule has 2 aromatic heterocycles. The molecule has 0 radical (unpaired) electrons. The SMILES string of the molecule is Cn1ncc2c(Oc3cccc(CO)c3)ncnc21. The number of nitrogens with zero attached hydrogens (tertiary/aromatic N) is 4. The Kier molecular flexibility index (Phi) is 2.85. The van der Waals surface area contributed by atoms with Gasteiger partial charge in [-0.05, 0) is 17.7 Å². The molecule has 0 bridgehead atoms. The van der Waals surface area contributed by atoms with E-state index in [1.54, 1.807) is 16.9 Å². The van der Waals surface area contributed by atoms with Crippen LogP contribution in [-0.2, 0) is 13.7 Å². The summed E-state index contributed by atoms with van der Waals surface area (Å²) in [5.41, 5.74) is 1.50. The van der Waals surface area contributed by atoms with Crippen LogP contribution in [0, 0.1) is 0 Å². The number of ether oxygens (including phenoxy) is 1. The molecule has 0 aliphatic rings. The second-order valence-electron chi connectivity index (χ2n) is 4.09. The van der Waals surface area contributed by atoms with E-state index < -0.39 is 0 Å². The van der Waals surface area contributed by atoms with Crippen LogP contribution in [0.15, 0.2) is 36.8 Å². The number of aliphatic hydroxyl groups excluding tert-OH is 1. The number of aryl methyl sites for hydroxylation is 1. The first-order valence-corrected chi connectivity index (χ1v) is 5.78. The van der Waals surface area contributed by atoms with Crippen molar-refractivity contribution in [2.75, 3.05) is 0 Å². The highest BCUT2D eigenvalue weighted by Crippen LogP contribution is 2.26. The Hall–Kier alpha value is -2.47. The number of hydrogen-bond acceptors (Lipinski definition) is 5. The topological polar surface area (TPSA) is 73.1 Å². The molecular weight excluding hydrogens is 244 g/mol. The molecule has 0 aliphatic carbocycles. The van der Waals surface area contributed by atoms with Gasteiger partial charge in [0, 0.05) is 7.05 Å². The number of rotatable bonds is 3. The van der Waals surface area contributed by atoms with Crippen LogP contribution in [0.2, 0.25) is 0 Å². The molecule has 3 aromatic rings. The third-order valence-corrected chi connectivity index (χ3v) is 2.79. The molecule has 0 saturated carbocycles. The summed E-state index contributed by atoms with van der Waals surface area (Å²) in [6, 6.07) is 7.22. The maximum Gasteiger partial charge on any atom is 0.233 e. The van der Waals surface area contributed by atoms with Gasteiger partial charge in [-0.1, -0.05) is 12.1 Å². The summed E-state index contributed by atoms with van der Waals surface area (Å²) in [6.07, 6.45) is 3.11. The predicted molar refractivity (Wildman–Crippen MR) is 68.7 cm³/mol. The van der Waals surface area contributed by atoms with Gasteiger partial charge in [-0.2, -0.15) is 5.10 Å². The third-order valence-electron chi connectivity index (χ3n) is 2.79. The zero-order valence-electron chi connectivity index (χ0n) is 10.3.